The number of benzene rings is 1. The van der Waals surface area contributed by atoms with Gasteiger partial charge in [-0.15, -0.1) is 0 Å². The quantitative estimate of drug-likeness (QED) is 0.390. The highest BCUT2D eigenvalue weighted by atomic mass is 16.5. The Labute approximate surface area is 125 Å². The fourth-order valence-corrected chi connectivity index (χ4v) is 1.75. The lowest BCUT2D eigenvalue weighted by atomic mass is 10.1. The van der Waals surface area contributed by atoms with E-state index in [1.54, 1.807) is 25.3 Å². The van der Waals surface area contributed by atoms with Gasteiger partial charge in [0.25, 0.3) is 0 Å². The molecule has 3 N–H and O–H groups in total. The summed E-state index contributed by atoms with van der Waals surface area (Å²) >= 11 is 0. The van der Waals surface area contributed by atoms with E-state index >= 15 is 0 Å². The molecule has 118 valence electrons. The van der Waals surface area contributed by atoms with E-state index in [0.29, 0.717) is 31.1 Å². The van der Waals surface area contributed by atoms with Gasteiger partial charge in [0.15, 0.2) is 0 Å². The van der Waals surface area contributed by atoms with Crippen molar-refractivity contribution in [2.24, 2.45) is 0 Å². The third kappa shape index (κ3) is 6.46. The van der Waals surface area contributed by atoms with Crippen LogP contribution in [0.1, 0.15) is 23.2 Å². The lowest BCUT2D eigenvalue weighted by molar-refractivity contribution is 0.0601. The molecule has 0 bridgehead atoms. The number of carbonyl (C=O) groups excluding carboxylic acids is 1. The second-order valence-electron chi connectivity index (χ2n) is 4.53. The molecule has 0 atom stereocenters. The minimum atomic E-state index is -0.371. The number of hydrogen-bond donors (Lipinski definition) is 2. The molecule has 0 amide bonds. The van der Waals surface area contributed by atoms with Crippen molar-refractivity contribution in [1.82, 2.24) is 0 Å². The fourth-order valence-electron chi connectivity index (χ4n) is 1.75. The zero-order valence-corrected chi connectivity index (χ0v) is 12.7. The van der Waals surface area contributed by atoms with Crippen LogP contribution in [-0.2, 0) is 14.2 Å². The molecule has 6 nitrogen and oxygen atoms in total. The smallest absolute Gasteiger partial charge is 0.337 e. The lowest BCUT2D eigenvalue weighted by Crippen LogP contribution is -2.09. The summed E-state index contributed by atoms with van der Waals surface area (Å²) in [4.78, 5) is 11.5. The third-order valence-corrected chi connectivity index (χ3v) is 2.94. The standard InChI is InChI=1S/C15H24N2O4/c1-19-9-10-21-8-4-3-7-17-14-11-12(15(18)20-2)5-6-13(14)16/h5-6,11,17H,3-4,7-10,16H2,1-2H3. The summed E-state index contributed by atoms with van der Waals surface area (Å²) in [7, 11) is 3.01. The van der Waals surface area contributed by atoms with Crippen molar-refractivity contribution in [2.45, 2.75) is 12.8 Å². The molecule has 1 rings (SSSR count). The van der Waals surface area contributed by atoms with Crippen LogP contribution >= 0.6 is 0 Å². The minimum Gasteiger partial charge on any atom is -0.465 e. The maximum absolute atomic E-state index is 11.5. The van der Waals surface area contributed by atoms with Gasteiger partial charge in [0, 0.05) is 20.3 Å². The Morgan fingerprint density at radius 1 is 1.19 bits per heavy atom. The van der Waals surface area contributed by atoms with Gasteiger partial charge in [0.05, 0.1) is 37.3 Å². The molecule has 0 spiro atoms. The minimum absolute atomic E-state index is 0.371. The fraction of sp³-hybridized carbons (Fsp3) is 0.533. The number of hydrogen-bond acceptors (Lipinski definition) is 6. The predicted octanol–water partition coefficient (Wildman–Crippen LogP) is 1.91. The second kappa shape index (κ2) is 10.0. The van der Waals surface area contributed by atoms with Crippen LogP contribution in [-0.4, -0.2) is 46.6 Å². The Morgan fingerprint density at radius 2 is 2.00 bits per heavy atom. The number of carbonyl (C=O) groups is 1. The van der Waals surface area contributed by atoms with Crippen molar-refractivity contribution in [3.05, 3.63) is 23.8 Å². The number of ether oxygens (including phenoxy) is 3. The van der Waals surface area contributed by atoms with Crippen LogP contribution in [0, 0.1) is 0 Å². The molecule has 1 aromatic carbocycles. The molecular weight excluding hydrogens is 272 g/mol. The molecule has 0 fully saturated rings. The molecule has 0 saturated heterocycles. The number of rotatable bonds is 10. The van der Waals surface area contributed by atoms with E-state index in [-0.39, 0.29) is 5.97 Å². The molecule has 0 unspecified atom stereocenters. The SMILES string of the molecule is COCCOCCCCNc1cc(C(=O)OC)ccc1N. The first-order chi connectivity index (χ1) is 10.2. The van der Waals surface area contributed by atoms with Crippen LogP contribution in [0.5, 0.6) is 0 Å². The molecule has 0 radical (unpaired) electrons. The largest absolute Gasteiger partial charge is 0.465 e. The number of esters is 1. The first-order valence-electron chi connectivity index (χ1n) is 6.97. The van der Waals surface area contributed by atoms with Gasteiger partial charge in [-0.1, -0.05) is 0 Å². The van der Waals surface area contributed by atoms with E-state index in [1.165, 1.54) is 7.11 Å². The summed E-state index contributed by atoms with van der Waals surface area (Å²) in [5.41, 5.74) is 7.72. The second-order valence-corrected chi connectivity index (χ2v) is 4.53. The Hall–Kier alpha value is -1.79. The lowest BCUT2D eigenvalue weighted by Gasteiger charge is -2.11. The van der Waals surface area contributed by atoms with E-state index < -0.39 is 0 Å². The molecule has 1 aromatic rings. The van der Waals surface area contributed by atoms with Gasteiger partial charge in [-0.05, 0) is 31.0 Å². The topological polar surface area (TPSA) is 82.8 Å². The van der Waals surface area contributed by atoms with Crippen LogP contribution < -0.4 is 11.1 Å². The van der Waals surface area contributed by atoms with Gasteiger partial charge in [-0.3, -0.25) is 0 Å². The number of unbranched alkanes of at least 4 members (excludes halogenated alkanes) is 1. The normalized spacial score (nSPS) is 10.4. The summed E-state index contributed by atoms with van der Waals surface area (Å²) in [5, 5.41) is 3.22. The summed E-state index contributed by atoms with van der Waals surface area (Å²) in [5.74, 6) is -0.371. The molecule has 0 aromatic heterocycles. The predicted molar refractivity (Wildman–Crippen MR) is 82.6 cm³/mol. The van der Waals surface area contributed by atoms with E-state index in [1.807, 2.05) is 0 Å². The van der Waals surface area contributed by atoms with Crippen molar-refractivity contribution in [1.29, 1.82) is 0 Å². The van der Waals surface area contributed by atoms with Gasteiger partial charge in [-0.25, -0.2) is 4.79 Å². The van der Waals surface area contributed by atoms with Crippen LogP contribution in [0.25, 0.3) is 0 Å². The van der Waals surface area contributed by atoms with Crippen molar-refractivity contribution in [2.75, 3.05) is 51.6 Å². The number of nitrogens with one attached hydrogen (secondary N) is 1. The zero-order valence-electron chi connectivity index (χ0n) is 12.7. The summed E-state index contributed by atoms with van der Waals surface area (Å²) in [6.07, 6.45) is 1.90. The highest BCUT2D eigenvalue weighted by molar-refractivity contribution is 5.91. The van der Waals surface area contributed by atoms with Gasteiger partial charge >= 0.3 is 5.97 Å². The van der Waals surface area contributed by atoms with Crippen LogP contribution in [0.15, 0.2) is 18.2 Å². The number of methoxy groups -OCH3 is 2. The van der Waals surface area contributed by atoms with Crippen LogP contribution in [0.2, 0.25) is 0 Å². The molecule has 0 heterocycles. The van der Waals surface area contributed by atoms with Gasteiger partial charge in [0.1, 0.15) is 0 Å². The number of nitrogens with two attached hydrogens (primary N) is 1. The maximum Gasteiger partial charge on any atom is 0.337 e. The van der Waals surface area contributed by atoms with Gasteiger partial charge < -0.3 is 25.3 Å². The average Bonchev–Trinajstić information content (AvgIpc) is 2.50. The molecule has 21 heavy (non-hydrogen) atoms. The number of nitrogen functional groups attached to an aromatic ring is 1. The first-order valence-corrected chi connectivity index (χ1v) is 6.97. The van der Waals surface area contributed by atoms with Crippen LogP contribution in [0.3, 0.4) is 0 Å². The summed E-state index contributed by atoms with van der Waals surface area (Å²) in [6, 6.07) is 5.05. The first kappa shape index (κ1) is 17.3. The Bertz CT molecular complexity index is 438. The van der Waals surface area contributed by atoms with E-state index in [0.717, 1.165) is 25.1 Å². The highest BCUT2D eigenvalue weighted by Gasteiger charge is 2.07. The average molecular weight is 296 g/mol. The van der Waals surface area contributed by atoms with Crippen molar-refractivity contribution in [3.8, 4) is 0 Å². The number of anilines is 2. The van der Waals surface area contributed by atoms with Crippen LogP contribution in [0.4, 0.5) is 11.4 Å². The Kier molecular flexibility index (Phi) is 8.23. The Morgan fingerprint density at radius 3 is 2.71 bits per heavy atom. The highest BCUT2D eigenvalue weighted by Crippen LogP contribution is 2.20. The maximum atomic E-state index is 11.5. The van der Waals surface area contributed by atoms with E-state index in [2.05, 4.69) is 10.1 Å². The molecule has 0 aliphatic heterocycles. The van der Waals surface area contributed by atoms with Crippen molar-refractivity contribution >= 4 is 17.3 Å². The zero-order chi connectivity index (χ0) is 15.5. The summed E-state index contributed by atoms with van der Waals surface area (Å²) in [6.45, 7) is 2.72. The molecule has 0 saturated carbocycles. The van der Waals surface area contributed by atoms with Gasteiger partial charge in [0.2, 0.25) is 0 Å². The summed E-state index contributed by atoms with van der Waals surface area (Å²) < 4.78 is 15.0. The van der Waals surface area contributed by atoms with Gasteiger partial charge in [-0.2, -0.15) is 0 Å². The van der Waals surface area contributed by atoms with Crippen molar-refractivity contribution < 1.29 is 19.0 Å². The third-order valence-electron chi connectivity index (χ3n) is 2.94. The molecule has 6 heteroatoms. The molecule has 0 aliphatic carbocycles. The Balaban J connectivity index is 2.29. The van der Waals surface area contributed by atoms with E-state index in [9.17, 15) is 4.79 Å². The van der Waals surface area contributed by atoms with Crippen molar-refractivity contribution in [3.63, 3.8) is 0 Å². The van der Waals surface area contributed by atoms with E-state index in [4.69, 9.17) is 15.2 Å². The monoisotopic (exact) mass is 296 g/mol. The molecular formula is C15H24N2O4. The molecule has 0 aliphatic rings.